The van der Waals surface area contributed by atoms with Gasteiger partial charge in [-0.1, -0.05) is 40.2 Å². The highest BCUT2D eigenvalue weighted by atomic mass is 79.9. The molecule has 0 spiro atoms. The minimum Gasteiger partial charge on any atom is -0.339 e. The molecule has 0 aliphatic carbocycles. The van der Waals surface area contributed by atoms with Crippen molar-refractivity contribution in [3.63, 3.8) is 0 Å². The van der Waals surface area contributed by atoms with Crippen LogP contribution >= 0.6 is 15.9 Å². The molecular weight excluding hydrogens is 1030 g/mol. The Kier molecular flexibility index (Phi) is 16.6. The van der Waals surface area contributed by atoms with E-state index in [0.29, 0.717) is 77.5 Å². The van der Waals surface area contributed by atoms with Gasteiger partial charge in [-0.3, -0.25) is 48.3 Å². The predicted molar refractivity (Wildman–Crippen MR) is 290 cm³/mol. The van der Waals surface area contributed by atoms with E-state index in [1.54, 1.807) is 81.7 Å². The molecule has 2 aliphatic rings. The molecule has 75 heavy (non-hydrogen) atoms. The predicted octanol–water partition coefficient (Wildman–Crippen LogP) is 7.21. The summed E-state index contributed by atoms with van der Waals surface area (Å²) in [7, 11) is 3.41. The molecule has 10 rings (SSSR count). The van der Waals surface area contributed by atoms with E-state index in [4.69, 9.17) is 0 Å². The number of benzene rings is 2. The first-order chi connectivity index (χ1) is 36.0. The average molecular weight is 1090 g/mol. The Morgan fingerprint density at radius 1 is 0.640 bits per heavy atom. The van der Waals surface area contributed by atoms with E-state index in [-0.39, 0.29) is 41.6 Å². The molecule has 2 fully saturated rings. The van der Waals surface area contributed by atoms with Crippen molar-refractivity contribution in [1.29, 1.82) is 0 Å². The number of carbonyl (C=O) groups excluding carboxylic acids is 2. The van der Waals surface area contributed by atoms with Crippen molar-refractivity contribution in [2.24, 2.45) is 14.1 Å². The second-order valence-electron chi connectivity index (χ2n) is 18.9. The number of fused-ring (bicyclic) bond motifs is 2. The maximum Gasteiger partial charge on any atom is 0.274 e. The number of aromatic nitrogens is 10. The van der Waals surface area contributed by atoms with Crippen molar-refractivity contribution in [3.8, 4) is 22.3 Å². The summed E-state index contributed by atoms with van der Waals surface area (Å²) in [6.45, 7) is 14.4. The average Bonchev–Trinajstić information content (AvgIpc) is 3.84. The van der Waals surface area contributed by atoms with Gasteiger partial charge in [0.1, 0.15) is 13.3 Å². The lowest BCUT2D eigenvalue weighted by Crippen LogP contribution is -2.53. The minimum atomic E-state index is -0.618. The Morgan fingerprint density at radius 2 is 1.12 bits per heavy atom. The van der Waals surface area contributed by atoms with Crippen molar-refractivity contribution in [2.45, 2.75) is 78.9 Å². The van der Waals surface area contributed by atoms with Crippen LogP contribution in [0.3, 0.4) is 0 Å². The smallest absolute Gasteiger partial charge is 0.274 e. The van der Waals surface area contributed by atoms with Gasteiger partial charge >= 0.3 is 0 Å². The van der Waals surface area contributed by atoms with E-state index < -0.39 is 13.3 Å². The van der Waals surface area contributed by atoms with Gasteiger partial charge in [0.25, 0.3) is 11.1 Å². The van der Waals surface area contributed by atoms with Crippen LogP contribution in [0.2, 0.25) is 0 Å². The van der Waals surface area contributed by atoms with Gasteiger partial charge in [0.05, 0.1) is 39.7 Å². The highest BCUT2D eigenvalue weighted by molar-refractivity contribution is 9.08. The van der Waals surface area contributed by atoms with Crippen molar-refractivity contribution in [3.05, 3.63) is 140 Å². The van der Waals surface area contributed by atoms with Crippen LogP contribution in [0.15, 0.2) is 95.0 Å². The van der Waals surface area contributed by atoms with E-state index in [9.17, 15) is 28.0 Å². The molecule has 2 aromatic carbocycles. The van der Waals surface area contributed by atoms with E-state index in [2.05, 4.69) is 74.6 Å². The lowest BCUT2D eigenvalue weighted by Gasteiger charge is -2.39. The number of halogens is 3. The van der Waals surface area contributed by atoms with Gasteiger partial charge in [-0.15, -0.1) is 0 Å². The van der Waals surface area contributed by atoms with Gasteiger partial charge < -0.3 is 19.6 Å². The van der Waals surface area contributed by atoms with E-state index in [0.717, 1.165) is 56.9 Å². The number of aromatic amines is 1. The number of amides is 2. The minimum absolute atomic E-state index is 0.0400. The molecule has 8 heterocycles. The fourth-order valence-corrected chi connectivity index (χ4v) is 9.88. The van der Waals surface area contributed by atoms with Crippen LogP contribution in [0.4, 0.5) is 20.7 Å². The lowest BCUT2D eigenvalue weighted by molar-refractivity contribution is -0.130. The molecule has 0 unspecified atom stereocenters. The number of rotatable bonds is 9. The second-order valence-corrected chi connectivity index (χ2v) is 19.5. The number of nitrogens with zero attached hydrogens (tertiary/aromatic N) is 13. The number of H-pyrrole nitrogens is 1. The van der Waals surface area contributed by atoms with Gasteiger partial charge in [0, 0.05) is 143 Å². The van der Waals surface area contributed by atoms with Crippen LogP contribution in [-0.2, 0) is 48.9 Å². The third kappa shape index (κ3) is 11.8. The van der Waals surface area contributed by atoms with Crippen LogP contribution in [0.25, 0.3) is 44.1 Å². The summed E-state index contributed by atoms with van der Waals surface area (Å²) >= 11 is 3.25. The number of pyridine rings is 2. The third-order valence-corrected chi connectivity index (χ3v) is 14.3. The zero-order chi connectivity index (χ0) is 53.7. The summed E-state index contributed by atoms with van der Waals surface area (Å²) in [5, 5.41) is 4.90. The first-order valence-electron chi connectivity index (χ1n) is 24.6. The Balaban J connectivity index is 0.000000171. The fraction of sp³-hybridized carbons (Fsp3) is 0.370. The zero-order valence-electron chi connectivity index (χ0n) is 43.4. The van der Waals surface area contributed by atoms with Gasteiger partial charge in [0.2, 0.25) is 23.7 Å². The summed E-state index contributed by atoms with van der Waals surface area (Å²) in [6, 6.07) is 18.7. The summed E-state index contributed by atoms with van der Waals surface area (Å²) in [4.78, 5) is 83.1. The number of hydrogen-bond donors (Lipinski definition) is 1. The quantitative estimate of drug-likeness (QED) is 0.143. The summed E-state index contributed by atoms with van der Waals surface area (Å²) < 4.78 is 30.7. The number of alkyl halides is 3. The summed E-state index contributed by atoms with van der Waals surface area (Å²) in [6.07, 6.45) is 7.16. The maximum atomic E-state index is 13.6. The molecule has 0 radical (unpaired) electrons. The van der Waals surface area contributed by atoms with Crippen LogP contribution < -0.4 is 20.9 Å². The Hall–Kier alpha value is -7.68. The highest BCUT2D eigenvalue weighted by Crippen LogP contribution is 2.27. The Morgan fingerprint density at radius 3 is 1.60 bits per heavy atom. The molecule has 2 aliphatic heterocycles. The summed E-state index contributed by atoms with van der Waals surface area (Å²) in [5.41, 5.74) is 9.20. The molecule has 18 nitrogen and oxygen atoms in total. The van der Waals surface area contributed by atoms with Crippen LogP contribution in [0.1, 0.15) is 61.6 Å². The topological polar surface area (TPSA) is 189 Å². The monoisotopic (exact) mass is 1090 g/mol. The standard InChI is InChI=1S/C27H30FN7O2.C19H22N6O2.C8H9BrFN/c1-17-5-6-21(12-28)24(31-17)16-35-25-11-20(7-8-23(25)26(37)32(35)4)22-13-29-27(30-14-22)34-10-9-33(19(3)36)15-18(34)2;1-12-11-24(13(2)26)6-7-25(12)19-20-9-15(10-21-19)14-4-5-16-17(8-14)22-23(3)18(16)27;1-6-2-3-7(5-10)8(4-9)11-6/h5-8,11,13-14,18H,9-10,12,15-16H2,1-4H3;4-5,8-10,12,22H,6-7,11H2,1-3H3;2-3H,4-5H2,1H3/t18-;12-;/m11./s1. The maximum absolute atomic E-state index is 13.6. The first-order valence-corrected chi connectivity index (χ1v) is 25.8. The molecule has 8 aromatic rings. The van der Waals surface area contributed by atoms with Crippen LogP contribution in [0.5, 0.6) is 0 Å². The van der Waals surface area contributed by atoms with Crippen molar-refractivity contribution < 1.29 is 18.4 Å². The normalized spacial score (nSPS) is 15.7. The highest BCUT2D eigenvalue weighted by Gasteiger charge is 2.28. The van der Waals surface area contributed by atoms with Crippen molar-refractivity contribution >= 4 is 61.4 Å². The number of nitrogens with one attached hydrogen (secondary N) is 1. The Bertz CT molecular complexity index is 3470. The molecule has 6 aromatic heterocycles. The zero-order valence-corrected chi connectivity index (χ0v) is 45.0. The molecular formula is C54H61BrF2N14O4. The van der Waals surface area contributed by atoms with Gasteiger partial charge in [-0.25, -0.2) is 28.7 Å². The first kappa shape index (κ1) is 53.6. The molecule has 1 N–H and O–H groups in total. The third-order valence-electron chi connectivity index (χ3n) is 13.7. The van der Waals surface area contributed by atoms with Gasteiger partial charge in [0.15, 0.2) is 0 Å². The number of carbonyl (C=O) groups is 2. The van der Waals surface area contributed by atoms with Gasteiger partial charge in [-0.2, -0.15) is 0 Å². The van der Waals surface area contributed by atoms with E-state index in [1.807, 2.05) is 64.7 Å². The largest absolute Gasteiger partial charge is 0.339 e. The molecule has 0 saturated carbocycles. The van der Waals surface area contributed by atoms with Crippen LogP contribution in [0, 0.1) is 13.8 Å². The number of anilines is 2. The molecule has 2 amide bonds. The molecule has 392 valence electrons. The van der Waals surface area contributed by atoms with Gasteiger partial charge in [-0.05, 0) is 75.2 Å². The van der Waals surface area contributed by atoms with E-state index in [1.165, 1.54) is 4.68 Å². The van der Waals surface area contributed by atoms with Crippen molar-refractivity contribution in [2.75, 3.05) is 49.1 Å². The SMILES string of the molecule is CC(=O)N1CCN(c2ncc(-c3ccc4c(=O)n(C)[nH]c4c3)cn2)[C@H](C)C1.CC(=O)N1CCN(c2ncc(-c3ccc4c(=O)n(C)n(Cc5nc(C)ccc5CF)c4c3)cn2)[C@H](C)C1.Cc1ccc(CF)c(CBr)n1. The number of hydrogen-bond acceptors (Lipinski definition) is 12. The van der Waals surface area contributed by atoms with Crippen molar-refractivity contribution in [1.82, 2.24) is 58.8 Å². The Labute approximate surface area is 441 Å². The number of piperazine rings is 2. The summed E-state index contributed by atoms with van der Waals surface area (Å²) in [5.74, 6) is 1.48. The molecule has 0 bridgehead atoms. The number of aryl methyl sites for hydroxylation is 3. The molecule has 2 saturated heterocycles. The van der Waals surface area contributed by atoms with Crippen LogP contribution in [-0.4, -0.2) is 122 Å². The lowest BCUT2D eigenvalue weighted by atomic mass is 10.1. The molecule has 2 atom stereocenters. The van der Waals surface area contributed by atoms with E-state index >= 15 is 0 Å². The molecule has 21 heteroatoms. The second kappa shape index (κ2) is 23.3. The fourth-order valence-electron chi connectivity index (χ4n) is 9.39.